The second-order valence-corrected chi connectivity index (χ2v) is 4.05. The molecule has 20 heavy (non-hydrogen) atoms. The summed E-state index contributed by atoms with van der Waals surface area (Å²) in [5.41, 5.74) is 6.66. The van der Waals surface area contributed by atoms with E-state index in [2.05, 4.69) is 18.3 Å². The first-order valence-electron chi connectivity index (χ1n) is 5.69. The fraction of sp³-hybridized carbons (Fsp3) is 0.0714. The lowest BCUT2D eigenvalue weighted by Gasteiger charge is -2.09. The molecule has 0 saturated heterocycles. The van der Waals surface area contributed by atoms with Gasteiger partial charge in [-0.15, -0.1) is 5.10 Å². The van der Waals surface area contributed by atoms with Crippen molar-refractivity contribution in [3.63, 3.8) is 0 Å². The van der Waals surface area contributed by atoms with Crippen molar-refractivity contribution in [2.75, 3.05) is 5.73 Å². The quantitative estimate of drug-likeness (QED) is 0.929. The van der Waals surface area contributed by atoms with Crippen molar-refractivity contribution >= 4 is 18.0 Å². The van der Waals surface area contributed by atoms with Gasteiger partial charge in [0.1, 0.15) is 0 Å². The van der Waals surface area contributed by atoms with Crippen LogP contribution in [-0.2, 0) is 6.18 Å². The SMILES string of the molecule is C=Cc1c(N)nn(-c2ccc(C(F)(F)F)cc2)c1C=C. The Hall–Kier alpha value is -2.50. The van der Waals surface area contributed by atoms with Crippen LogP contribution in [-0.4, -0.2) is 9.78 Å². The zero-order chi connectivity index (χ0) is 14.9. The predicted molar refractivity (Wildman–Crippen MR) is 73.2 cm³/mol. The first-order valence-corrected chi connectivity index (χ1v) is 5.69. The Morgan fingerprint density at radius 3 is 2.15 bits per heavy atom. The third-order valence-corrected chi connectivity index (χ3v) is 2.82. The van der Waals surface area contributed by atoms with Crippen molar-refractivity contribution in [2.45, 2.75) is 6.18 Å². The number of nitrogens with zero attached hydrogens (tertiary/aromatic N) is 2. The van der Waals surface area contributed by atoms with Gasteiger partial charge in [-0.05, 0) is 30.3 Å². The van der Waals surface area contributed by atoms with Gasteiger partial charge in [-0.3, -0.25) is 0 Å². The highest BCUT2D eigenvalue weighted by atomic mass is 19.4. The number of rotatable bonds is 3. The van der Waals surface area contributed by atoms with Crippen LogP contribution < -0.4 is 5.73 Å². The van der Waals surface area contributed by atoms with Gasteiger partial charge < -0.3 is 5.73 Å². The molecule has 3 nitrogen and oxygen atoms in total. The van der Waals surface area contributed by atoms with E-state index in [0.717, 1.165) is 12.1 Å². The van der Waals surface area contributed by atoms with Gasteiger partial charge in [0.05, 0.1) is 16.9 Å². The molecule has 0 amide bonds. The smallest absolute Gasteiger partial charge is 0.382 e. The molecule has 0 spiro atoms. The van der Waals surface area contributed by atoms with Crippen molar-refractivity contribution in [3.8, 4) is 5.69 Å². The summed E-state index contributed by atoms with van der Waals surface area (Å²) in [7, 11) is 0. The molecule has 0 atom stereocenters. The van der Waals surface area contributed by atoms with Crippen molar-refractivity contribution in [2.24, 2.45) is 0 Å². The molecule has 1 heterocycles. The summed E-state index contributed by atoms with van der Waals surface area (Å²) in [6.07, 6.45) is -1.31. The van der Waals surface area contributed by atoms with Gasteiger partial charge in [0.25, 0.3) is 0 Å². The largest absolute Gasteiger partial charge is 0.416 e. The number of alkyl halides is 3. The van der Waals surface area contributed by atoms with Crippen LogP contribution in [0.2, 0.25) is 0 Å². The van der Waals surface area contributed by atoms with Crippen LogP contribution in [0.4, 0.5) is 19.0 Å². The van der Waals surface area contributed by atoms with Crippen LogP contribution in [0.3, 0.4) is 0 Å². The molecule has 0 saturated carbocycles. The summed E-state index contributed by atoms with van der Waals surface area (Å²) in [6, 6.07) is 4.64. The molecular weight excluding hydrogens is 267 g/mol. The summed E-state index contributed by atoms with van der Waals surface area (Å²) in [4.78, 5) is 0. The van der Waals surface area contributed by atoms with Gasteiger partial charge >= 0.3 is 6.18 Å². The first-order chi connectivity index (χ1) is 9.38. The third kappa shape index (κ3) is 2.32. The summed E-state index contributed by atoms with van der Waals surface area (Å²) in [5, 5.41) is 4.09. The molecule has 0 unspecified atom stereocenters. The highest BCUT2D eigenvalue weighted by molar-refractivity contribution is 5.71. The molecule has 2 N–H and O–H groups in total. The molecule has 2 aromatic rings. The summed E-state index contributed by atoms with van der Waals surface area (Å²) >= 11 is 0. The maximum atomic E-state index is 12.5. The number of nitrogen functional groups attached to an aromatic ring is 1. The second kappa shape index (κ2) is 4.88. The van der Waals surface area contributed by atoms with E-state index in [1.54, 1.807) is 0 Å². The van der Waals surface area contributed by atoms with Crippen molar-refractivity contribution < 1.29 is 13.2 Å². The van der Waals surface area contributed by atoms with Gasteiger partial charge in [0.2, 0.25) is 0 Å². The standard InChI is InChI=1S/C14H12F3N3/c1-3-11-12(4-2)20(19-13(11)18)10-7-5-9(6-8-10)14(15,16)17/h3-8H,1-2H2,(H2,18,19). The number of anilines is 1. The molecule has 1 aromatic carbocycles. The Morgan fingerprint density at radius 1 is 1.10 bits per heavy atom. The van der Waals surface area contributed by atoms with Crippen LogP contribution >= 0.6 is 0 Å². The van der Waals surface area contributed by atoms with E-state index in [0.29, 0.717) is 16.9 Å². The molecular formula is C14H12F3N3. The molecule has 0 aliphatic carbocycles. The monoisotopic (exact) mass is 279 g/mol. The maximum absolute atomic E-state index is 12.5. The fourth-order valence-corrected chi connectivity index (χ4v) is 1.85. The lowest BCUT2D eigenvalue weighted by molar-refractivity contribution is -0.137. The lowest BCUT2D eigenvalue weighted by Crippen LogP contribution is -2.06. The van der Waals surface area contributed by atoms with Gasteiger partial charge in [-0.1, -0.05) is 19.2 Å². The Bertz CT molecular complexity index is 652. The minimum atomic E-state index is -4.37. The van der Waals surface area contributed by atoms with Crippen molar-refractivity contribution in [3.05, 3.63) is 54.2 Å². The van der Waals surface area contributed by atoms with Crippen molar-refractivity contribution in [1.29, 1.82) is 0 Å². The Balaban J connectivity index is 2.52. The molecule has 0 aliphatic rings. The average molecular weight is 279 g/mol. The van der Waals surface area contributed by atoms with Gasteiger partial charge in [-0.2, -0.15) is 13.2 Å². The fourth-order valence-electron chi connectivity index (χ4n) is 1.85. The summed E-state index contributed by atoms with van der Waals surface area (Å²) in [6.45, 7) is 7.28. The lowest BCUT2D eigenvalue weighted by atomic mass is 10.2. The Kier molecular flexibility index (Phi) is 3.40. The second-order valence-electron chi connectivity index (χ2n) is 4.05. The molecule has 0 aliphatic heterocycles. The van der Waals surface area contributed by atoms with Gasteiger partial charge in [-0.25, -0.2) is 4.68 Å². The van der Waals surface area contributed by atoms with E-state index in [-0.39, 0.29) is 5.82 Å². The van der Waals surface area contributed by atoms with Crippen LogP contribution in [0.25, 0.3) is 17.8 Å². The van der Waals surface area contributed by atoms with Crippen molar-refractivity contribution in [1.82, 2.24) is 9.78 Å². The molecule has 1 aromatic heterocycles. The molecule has 2 rings (SSSR count). The molecule has 6 heteroatoms. The minimum absolute atomic E-state index is 0.245. The molecule has 0 radical (unpaired) electrons. The summed E-state index contributed by atoms with van der Waals surface area (Å²) < 4.78 is 39.0. The van der Waals surface area contributed by atoms with E-state index in [1.807, 2.05) is 0 Å². The van der Waals surface area contributed by atoms with E-state index >= 15 is 0 Å². The number of nitrogens with two attached hydrogens (primary N) is 1. The summed E-state index contributed by atoms with van der Waals surface area (Å²) in [5.74, 6) is 0.245. The van der Waals surface area contributed by atoms with Gasteiger partial charge in [0, 0.05) is 5.56 Å². The third-order valence-electron chi connectivity index (χ3n) is 2.82. The van der Waals surface area contributed by atoms with E-state index in [9.17, 15) is 13.2 Å². The zero-order valence-corrected chi connectivity index (χ0v) is 10.5. The molecule has 104 valence electrons. The number of benzene rings is 1. The molecule has 0 fully saturated rings. The van der Waals surface area contributed by atoms with Crippen LogP contribution in [0.15, 0.2) is 37.4 Å². The number of hydrogen-bond acceptors (Lipinski definition) is 2. The molecule has 0 bridgehead atoms. The number of hydrogen-bond donors (Lipinski definition) is 1. The zero-order valence-electron chi connectivity index (χ0n) is 10.5. The van der Waals surface area contributed by atoms with E-state index < -0.39 is 11.7 Å². The van der Waals surface area contributed by atoms with Gasteiger partial charge in [0.15, 0.2) is 5.82 Å². The highest BCUT2D eigenvalue weighted by Crippen LogP contribution is 2.30. The normalized spacial score (nSPS) is 11.3. The average Bonchev–Trinajstić information content (AvgIpc) is 2.73. The number of aromatic nitrogens is 2. The maximum Gasteiger partial charge on any atom is 0.416 e. The Morgan fingerprint density at radius 2 is 1.70 bits per heavy atom. The van der Waals surface area contributed by atoms with E-state index in [4.69, 9.17) is 5.73 Å². The highest BCUT2D eigenvalue weighted by Gasteiger charge is 2.30. The van der Waals surface area contributed by atoms with Crippen LogP contribution in [0.1, 0.15) is 16.8 Å². The first kappa shape index (κ1) is 13.9. The Labute approximate surface area is 113 Å². The van der Waals surface area contributed by atoms with E-state index in [1.165, 1.54) is 29.0 Å². The minimum Gasteiger partial charge on any atom is -0.382 e. The van der Waals surface area contributed by atoms with Crippen LogP contribution in [0, 0.1) is 0 Å². The predicted octanol–water partition coefficient (Wildman–Crippen LogP) is 3.76. The topological polar surface area (TPSA) is 43.8 Å². The number of halogens is 3. The van der Waals surface area contributed by atoms with Crippen LogP contribution in [0.5, 0.6) is 0 Å².